The molecule has 0 fully saturated rings. The van der Waals surface area contributed by atoms with Crippen LogP contribution in [0, 0.1) is 27.7 Å². The summed E-state index contributed by atoms with van der Waals surface area (Å²) >= 11 is 0. The van der Waals surface area contributed by atoms with Crippen molar-refractivity contribution in [2.75, 3.05) is 9.80 Å². The summed E-state index contributed by atoms with van der Waals surface area (Å²) in [5.74, 6) is 0. The molecule has 0 radical (unpaired) electrons. The lowest BCUT2D eigenvalue weighted by atomic mass is 10.0. The Kier molecular flexibility index (Phi) is 10.5. The number of aryl methyl sites for hydroxylation is 4. The van der Waals surface area contributed by atoms with Crippen LogP contribution in [0.25, 0.3) is 35.1 Å². The summed E-state index contributed by atoms with van der Waals surface area (Å²) in [6.45, 7) is 8.50. The molecule has 8 rings (SSSR count). The molecule has 56 heavy (non-hydrogen) atoms. The van der Waals surface area contributed by atoms with Crippen LogP contribution in [0.4, 0.5) is 34.1 Å². The van der Waals surface area contributed by atoms with Gasteiger partial charge >= 0.3 is 0 Å². The van der Waals surface area contributed by atoms with E-state index in [4.69, 9.17) is 0 Å². The molecular formula is C54H46N2. The summed E-state index contributed by atoms with van der Waals surface area (Å²) in [6, 6.07) is 65.8. The maximum Gasteiger partial charge on any atom is 0.0462 e. The van der Waals surface area contributed by atoms with Gasteiger partial charge in [-0.05, 0) is 146 Å². The van der Waals surface area contributed by atoms with Gasteiger partial charge < -0.3 is 9.80 Å². The molecule has 0 bridgehead atoms. The molecule has 0 N–H and O–H groups in total. The SMILES string of the molecule is Cc1ccc(N(c2ccc(C)cc2)c2ccc(C=Cc3ccc4cc(C=Cc5ccc(N(c6ccc(C)cc6)c6ccc(C)cc6)cc5)ccc4c3)cc2)cc1. The van der Waals surface area contributed by atoms with Gasteiger partial charge in [0.05, 0.1) is 0 Å². The predicted octanol–water partition coefficient (Wildman–Crippen LogP) is 15.4. The van der Waals surface area contributed by atoms with Crippen LogP contribution in [-0.4, -0.2) is 0 Å². The van der Waals surface area contributed by atoms with Gasteiger partial charge in [0, 0.05) is 34.1 Å². The topological polar surface area (TPSA) is 6.48 Å². The minimum Gasteiger partial charge on any atom is -0.311 e. The van der Waals surface area contributed by atoms with Crippen molar-refractivity contribution in [2.24, 2.45) is 0 Å². The highest BCUT2D eigenvalue weighted by molar-refractivity contribution is 5.89. The highest BCUT2D eigenvalue weighted by Gasteiger charge is 2.13. The van der Waals surface area contributed by atoms with Crippen LogP contribution in [-0.2, 0) is 0 Å². The predicted molar refractivity (Wildman–Crippen MR) is 243 cm³/mol. The molecule has 8 aromatic rings. The summed E-state index contributed by atoms with van der Waals surface area (Å²) < 4.78 is 0. The summed E-state index contributed by atoms with van der Waals surface area (Å²) in [5.41, 5.74) is 16.5. The minimum atomic E-state index is 1.13. The Morgan fingerprint density at radius 2 is 0.464 bits per heavy atom. The third-order valence-electron chi connectivity index (χ3n) is 10.3. The maximum atomic E-state index is 2.31. The first kappa shape index (κ1) is 36.1. The van der Waals surface area contributed by atoms with Crippen LogP contribution in [0.15, 0.2) is 182 Å². The first-order valence-corrected chi connectivity index (χ1v) is 19.3. The van der Waals surface area contributed by atoms with Crippen molar-refractivity contribution in [3.63, 3.8) is 0 Å². The Hall–Kier alpha value is -6.90. The van der Waals surface area contributed by atoms with Gasteiger partial charge in [0.25, 0.3) is 0 Å². The summed E-state index contributed by atoms with van der Waals surface area (Å²) in [7, 11) is 0. The zero-order chi connectivity index (χ0) is 38.4. The van der Waals surface area contributed by atoms with Crippen LogP contribution in [0.5, 0.6) is 0 Å². The second kappa shape index (κ2) is 16.2. The van der Waals surface area contributed by atoms with E-state index >= 15 is 0 Å². The summed E-state index contributed by atoms with van der Waals surface area (Å²) in [6.07, 6.45) is 8.78. The van der Waals surface area contributed by atoms with Gasteiger partial charge in [-0.25, -0.2) is 0 Å². The van der Waals surface area contributed by atoms with E-state index in [2.05, 4.69) is 244 Å². The number of rotatable bonds is 10. The van der Waals surface area contributed by atoms with Crippen molar-refractivity contribution in [3.8, 4) is 0 Å². The number of benzene rings is 8. The fourth-order valence-electron chi connectivity index (χ4n) is 7.01. The van der Waals surface area contributed by atoms with E-state index in [1.54, 1.807) is 0 Å². The van der Waals surface area contributed by atoms with Gasteiger partial charge in [0.15, 0.2) is 0 Å². The van der Waals surface area contributed by atoms with Gasteiger partial charge in [-0.3, -0.25) is 0 Å². The molecule has 0 amide bonds. The summed E-state index contributed by atoms with van der Waals surface area (Å²) in [4.78, 5) is 4.62. The number of anilines is 6. The average molecular weight is 723 g/mol. The lowest BCUT2D eigenvalue weighted by Gasteiger charge is -2.25. The van der Waals surface area contributed by atoms with E-state index in [0.717, 1.165) is 45.3 Å². The second-order valence-electron chi connectivity index (χ2n) is 14.7. The van der Waals surface area contributed by atoms with E-state index in [0.29, 0.717) is 0 Å². The van der Waals surface area contributed by atoms with E-state index in [1.807, 2.05) is 0 Å². The Bertz CT molecular complexity index is 2330. The van der Waals surface area contributed by atoms with E-state index < -0.39 is 0 Å². The van der Waals surface area contributed by atoms with E-state index in [9.17, 15) is 0 Å². The highest BCUT2D eigenvalue weighted by atomic mass is 15.1. The minimum absolute atomic E-state index is 1.13. The molecule has 0 spiro atoms. The zero-order valence-electron chi connectivity index (χ0n) is 32.5. The van der Waals surface area contributed by atoms with Crippen molar-refractivity contribution in [3.05, 3.63) is 226 Å². The Morgan fingerprint density at radius 3 is 0.732 bits per heavy atom. The molecular weight excluding hydrogens is 677 g/mol. The molecule has 8 aromatic carbocycles. The van der Waals surface area contributed by atoms with Gasteiger partial charge in [-0.1, -0.05) is 144 Å². The third kappa shape index (κ3) is 8.41. The Balaban J connectivity index is 0.956. The second-order valence-corrected chi connectivity index (χ2v) is 14.7. The molecule has 0 saturated heterocycles. The molecule has 2 nitrogen and oxygen atoms in total. The van der Waals surface area contributed by atoms with Crippen molar-refractivity contribution in [1.82, 2.24) is 0 Å². The van der Waals surface area contributed by atoms with Gasteiger partial charge in [0.1, 0.15) is 0 Å². The number of hydrogen-bond acceptors (Lipinski definition) is 2. The molecule has 0 unspecified atom stereocenters. The van der Waals surface area contributed by atoms with Crippen molar-refractivity contribution in [2.45, 2.75) is 27.7 Å². The number of fused-ring (bicyclic) bond motifs is 1. The highest BCUT2D eigenvalue weighted by Crippen LogP contribution is 2.36. The zero-order valence-corrected chi connectivity index (χ0v) is 32.5. The molecule has 272 valence electrons. The molecule has 0 heterocycles. The Labute approximate surface area is 332 Å². The molecule has 0 aliphatic carbocycles. The van der Waals surface area contributed by atoms with Crippen molar-refractivity contribution < 1.29 is 0 Å². The lowest BCUT2D eigenvalue weighted by molar-refractivity contribution is 1.27. The molecule has 0 atom stereocenters. The van der Waals surface area contributed by atoms with Crippen molar-refractivity contribution in [1.29, 1.82) is 0 Å². The normalized spacial score (nSPS) is 11.4. The molecule has 0 aliphatic rings. The van der Waals surface area contributed by atoms with E-state index in [-0.39, 0.29) is 0 Å². The molecule has 2 heteroatoms. The average Bonchev–Trinajstić information content (AvgIpc) is 3.23. The Morgan fingerprint density at radius 1 is 0.250 bits per heavy atom. The monoisotopic (exact) mass is 722 g/mol. The summed E-state index contributed by atoms with van der Waals surface area (Å²) in [5, 5.41) is 2.45. The fraction of sp³-hybridized carbons (Fsp3) is 0.0741. The van der Waals surface area contributed by atoms with Crippen LogP contribution in [0.1, 0.15) is 44.5 Å². The van der Waals surface area contributed by atoms with Crippen LogP contribution in [0.2, 0.25) is 0 Å². The fourth-order valence-corrected chi connectivity index (χ4v) is 7.01. The van der Waals surface area contributed by atoms with Gasteiger partial charge in [-0.15, -0.1) is 0 Å². The quantitative estimate of drug-likeness (QED) is 0.130. The first-order chi connectivity index (χ1) is 27.3. The van der Waals surface area contributed by atoms with Crippen LogP contribution < -0.4 is 9.80 Å². The van der Waals surface area contributed by atoms with Crippen LogP contribution in [0.3, 0.4) is 0 Å². The molecule has 0 saturated carbocycles. The number of hydrogen-bond donors (Lipinski definition) is 0. The smallest absolute Gasteiger partial charge is 0.0462 e. The van der Waals surface area contributed by atoms with Crippen molar-refractivity contribution >= 4 is 69.2 Å². The van der Waals surface area contributed by atoms with Crippen LogP contribution >= 0.6 is 0 Å². The third-order valence-corrected chi connectivity index (χ3v) is 10.3. The van der Waals surface area contributed by atoms with Gasteiger partial charge in [-0.2, -0.15) is 0 Å². The largest absolute Gasteiger partial charge is 0.311 e. The molecule has 0 aliphatic heterocycles. The lowest BCUT2D eigenvalue weighted by Crippen LogP contribution is -2.09. The standard InChI is InChI=1S/C54H46N2/c1-39-5-25-49(26-6-39)55(50-27-7-40(2)8-28-50)53-33-19-43(20-34-53)13-15-45-17-23-48-38-46(18-24-47(48)37-45)16-14-44-21-35-54(36-22-44)56(51-29-9-41(3)10-30-51)52-31-11-42(4)12-32-52/h5-38H,1-4H3. The van der Waals surface area contributed by atoms with Gasteiger partial charge in [0.2, 0.25) is 0 Å². The number of nitrogens with zero attached hydrogens (tertiary/aromatic N) is 2. The maximum absolute atomic E-state index is 2.31. The van der Waals surface area contributed by atoms with E-state index in [1.165, 1.54) is 44.2 Å². The first-order valence-electron chi connectivity index (χ1n) is 19.3. The molecule has 0 aromatic heterocycles.